The van der Waals surface area contributed by atoms with Gasteiger partial charge in [0.05, 0.1) is 31.4 Å². The Balaban J connectivity index is 0.000000219. The van der Waals surface area contributed by atoms with Gasteiger partial charge in [-0.3, -0.25) is 4.79 Å². The van der Waals surface area contributed by atoms with Crippen molar-refractivity contribution in [2.75, 3.05) is 13.2 Å². The van der Waals surface area contributed by atoms with Crippen LogP contribution in [-0.4, -0.2) is 42.1 Å². The zero-order valence-electron chi connectivity index (χ0n) is 31.3. The fourth-order valence-electron chi connectivity index (χ4n) is 6.76. The summed E-state index contributed by atoms with van der Waals surface area (Å²) in [4.78, 5) is 14.4. The van der Waals surface area contributed by atoms with E-state index in [1.165, 1.54) is 49.4 Å². The van der Waals surface area contributed by atoms with Crippen LogP contribution in [0.4, 0.5) is 40.8 Å². The van der Waals surface area contributed by atoms with Crippen LogP contribution in [0.15, 0.2) is 72.8 Å². The number of nitriles is 1. The largest absolute Gasteiger partial charge is 0.493 e. The van der Waals surface area contributed by atoms with Crippen molar-refractivity contribution in [2.24, 2.45) is 0 Å². The number of aliphatic hydroxyl groups is 1. The van der Waals surface area contributed by atoms with E-state index in [4.69, 9.17) is 44.5 Å². The van der Waals surface area contributed by atoms with Gasteiger partial charge >= 0.3 is 12.4 Å². The SMILES string of the molecule is CC1(CC(=O)C(F)(F)F)CCOc2ccc(F)cc21.CC1(CC(O)(Cc2ccc(C#N)cc2Cl)C(F)(F)F)CCOc2ccc(F)cc21.[C-]#[N+]c1ccc(CBr)c(Cl)c1. The van der Waals surface area contributed by atoms with E-state index in [1.54, 1.807) is 19.1 Å². The predicted octanol–water partition coefficient (Wildman–Crippen LogP) is 12.5. The van der Waals surface area contributed by atoms with Crippen LogP contribution in [0, 0.1) is 29.5 Å². The smallest absolute Gasteiger partial charge is 0.450 e. The van der Waals surface area contributed by atoms with Gasteiger partial charge in [-0.15, -0.1) is 0 Å². The highest BCUT2D eigenvalue weighted by molar-refractivity contribution is 9.08. The van der Waals surface area contributed by atoms with Crippen molar-refractivity contribution in [1.29, 1.82) is 5.26 Å². The van der Waals surface area contributed by atoms with Crippen molar-refractivity contribution in [3.05, 3.63) is 134 Å². The second-order valence-corrected chi connectivity index (χ2v) is 15.9. The first-order valence-electron chi connectivity index (χ1n) is 17.6. The molecule has 0 spiro atoms. The Morgan fingerprint density at radius 3 is 1.85 bits per heavy atom. The molecule has 0 aromatic heterocycles. The summed E-state index contributed by atoms with van der Waals surface area (Å²) in [5.41, 5.74) is -2.86. The summed E-state index contributed by atoms with van der Waals surface area (Å²) in [6, 6.07) is 18.4. The molecule has 0 bridgehead atoms. The Kier molecular flexibility index (Phi) is 15.1. The van der Waals surface area contributed by atoms with Gasteiger partial charge in [-0.25, -0.2) is 13.6 Å². The lowest BCUT2D eigenvalue weighted by atomic mass is 9.69. The summed E-state index contributed by atoms with van der Waals surface area (Å²) >= 11 is 15.2. The molecular weight excluding hydrogens is 899 g/mol. The van der Waals surface area contributed by atoms with Crippen molar-refractivity contribution in [2.45, 2.75) is 80.1 Å². The van der Waals surface area contributed by atoms with Crippen LogP contribution in [0.3, 0.4) is 0 Å². The predicted molar refractivity (Wildman–Crippen MR) is 209 cm³/mol. The van der Waals surface area contributed by atoms with Gasteiger partial charge in [0, 0.05) is 50.2 Å². The third kappa shape index (κ3) is 11.7. The Morgan fingerprint density at radius 1 is 0.847 bits per heavy atom. The van der Waals surface area contributed by atoms with Gasteiger partial charge < -0.3 is 14.6 Å². The molecule has 314 valence electrons. The zero-order chi connectivity index (χ0) is 44.0. The highest BCUT2D eigenvalue weighted by atomic mass is 79.9. The zero-order valence-corrected chi connectivity index (χ0v) is 34.4. The molecule has 3 unspecified atom stereocenters. The van der Waals surface area contributed by atoms with E-state index >= 15 is 0 Å². The van der Waals surface area contributed by atoms with Crippen LogP contribution >= 0.6 is 39.1 Å². The molecule has 0 saturated carbocycles. The van der Waals surface area contributed by atoms with E-state index in [0.29, 0.717) is 27.8 Å². The van der Waals surface area contributed by atoms with E-state index in [9.17, 15) is 45.0 Å². The fraction of sp³-hybridized carbons (Fsp3) is 0.357. The van der Waals surface area contributed by atoms with E-state index in [1.807, 2.05) is 12.1 Å². The second-order valence-electron chi connectivity index (χ2n) is 14.5. The maximum Gasteiger partial charge on any atom is 0.450 e. The lowest BCUT2D eigenvalue weighted by molar-refractivity contribution is -0.267. The highest BCUT2D eigenvalue weighted by Gasteiger charge is 2.57. The Hall–Kier alpha value is -4.41. The van der Waals surface area contributed by atoms with E-state index in [2.05, 4.69) is 20.8 Å². The van der Waals surface area contributed by atoms with Crippen LogP contribution in [0.5, 0.6) is 11.5 Å². The van der Waals surface area contributed by atoms with E-state index in [-0.39, 0.29) is 47.8 Å². The number of ketones is 1. The van der Waals surface area contributed by atoms with Gasteiger partial charge in [0.1, 0.15) is 23.1 Å². The molecule has 4 aromatic rings. The maximum absolute atomic E-state index is 14.0. The molecule has 3 atom stereocenters. The van der Waals surface area contributed by atoms with E-state index in [0.717, 1.165) is 23.0 Å². The number of benzene rings is 4. The van der Waals surface area contributed by atoms with Crippen molar-refractivity contribution in [3.8, 4) is 17.6 Å². The Bertz CT molecular complexity index is 2260. The quantitative estimate of drug-likeness (QED) is 0.113. The lowest BCUT2D eigenvalue weighted by Gasteiger charge is -2.42. The molecule has 0 aliphatic carbocycles. The average molecular weight is 935 g/mol. The maximum atomic E-state index is 14.0. The molecule has 0 radical (unpaired) electrons. The summed E-state index contributed by atoms with van der Waals surface area (Å²) < 4.78 is 117. The molecule has 17 heteroatoms. The van der Waals surface area contributed by atoms with E-state index < -0.39 is 65.5 Å². The number of alkyl halides is 7. The van der Waals surface area contributed by atoms with Gasteiger partial charge in [-0.1, -0.05) is 71.2 Å². The number of nitrogens with zero attached hydrogens (tertiary/aromatic N) is 2. The Labute approximate surface area is 353 Å². The van der Waals surface area contributed by atoms with Crippen LogP contribution in [-0.2, 0) is 27.4 Å². The molecule has 0 amide bonds. The number of fused-ring (bicyclic) bond motifs is 2. The highest BCUT2D eigenvalue weighted by Crippen LogP contribution is 2.49. The third-order valence-electron chi connectivity index (χ3n) is 10.1. The fourth-order valence-corrected chi connectivity index (χ4v) is 7.90. The second kappa shape index (κ2) is 18.9. The number of ether oxygens (including phenoxy) is 2. The molecule has 1 N–H and O–H groups in total. The van der Waals surface area contributed by atoms with Gasteiger partial charge in [0.15, 0.2) is 11.3 Å². The number of hydrogen-bond acceptors (Lipinski definition) is 5. The van der Waals surface area contributed by atoms with Gasteiger partial charge in [0.25, 0.3) is 0 Å². The van der Waals surface area contributed by atoms with Crippen LogP contribution in [0.1, 0.15) is 67.3 Å². The minimum Gasteiger partial charge on any atom is -0.493 e. The van der Waals surface area contributed by atoms with Crippen LogP contribution in [0.25, 0.3) is 4.85 Å². The number of carbonyl (C=O) groups is 1. The van der Waals surface area contributed by atoms with Crippen molar-refractivity contribution < 1.29 is 54.5 Å². The first kappa shape index (κ1) is 47.3. The number of halogens is 11. The number of hydrogen-bond donors (Lipinski definition) is 1. The molecule has 0 fully saturated rings. The van der Waals surface area contributed by atoms with Crippen molar-refractivity contribution >= 4 is 50.6 Å². The summed E-state index contributed by atoms with van der Waals surface area (Å²) in [6.45, 7) is 10.2. The molecule has 6 nitrogen and oxygen atoms in total. The topological polar surface area (TPSA) is 83.9 Å². The Morgan fingerprint density at radius 2 is 1.37 bits per heavy atom. The van der Waals surface area contributed by atoms with Crippen molar-refractivity contribution in [1.82, 2.24) is 0 Å². The first-order chi connectivity index (χ1) is 27.5. The molecule has 4 aromatic carbocycles. The molecule has 0 saturated heterocycles. The first-order valence-corrected chi connectivity index (χ1v) is 19.5. The number of carbonyl (C=O) groups excluding carboxylic acids is 1. The standard InChI is InChI=1S/C21H18ClF4NO2.C13H12F4O2.C8H5BrClN/c1-19(6-7-29-18-5-4-15(23)9-16(18)19)12-20(28,21(24,25)26)10-14-3-2-13(11-27)8-17(14)22;1-12(7-11(18)13(15,16)17)4-5-19-10-3-2-8(14)6-9(10)12;1-11-7-3-2-6(5-9)8(10)4-7/h2-5,8-9,28H,6-7,10,12H2,1H3;2-3,6H,4-5,7H2,1H3;2-4H,5H2. The molecule has 2 heterocycles. The summed E-state index contributed by atoms with van der Waals surface area (Å²) in [6.07, 6.45) is -11.6. The normalized spacial score (nSPS) is 19.3. The molecular formula is C42H35BrCl2F8N2O4. The number of Topliss-reactive ketones (excluding diaryl/α,β-unsaturated/α-hetero) is 1. The van der Waals surface area contributed by atoms with Gasteiger partial charge in [-0.2, -0.15) is 31.6 Å². The monoisotopic (exact) mass is 932 g/mol. The number of rotatable bonds is 7. The molecule has 2 aliphatic heterocycles. The van der Waals surface area contributed by atoms with Gasteiger partial charge in [0.2, 0.25) is 5.78 Å². The average Bonchev–Trinajstić information content (AvgIpc) is 3.16. The van der Waals surface area contributed by atoms with Crippen LogP contribution < -0.4 is 9.47 Å². The lowest BCUT2D eigenvalue weighted by Crippen LogP contribution is -2.52. The summed E-state index contributed by atoms with van der Waals surface area (Å²) in [7, 11) is 0. The minimum atomic E-state index is -4.96. The molecule has 59 heavy (non-hydrogen) atoms. The van der Waals surface area contributed by atoms with Crippen molar-refractivity contribution in [3.63, 3.8) is 0 Å². The minimum absolute atomic E-state index is 0.0321. The van der Waals surface area contributed by atoms with Gasteiger partial charge in [-0.05, 0) is 85.0 Å². The molecule has 2 aliphatic rings. The molecule has 6 rings (SSSR count). The third-order valence-corrected chi connectivity index (χ3v) is 11.4. The summed E-state index contributed by atoms with van der Waals surface area (Å²) in [5, 5.41) is 21.0. The summed E-state index contributed by atoms with van der Waals surface area (Å²) in [5.74, 6) is -2.31. The van der Waals surface area contributed by atoms with Crippen LogP contribution in [0.2, 0.25) is 10.0 Å².